The zero-order chi connectivity index (χ0) is 16.0. The lowest BCUT2D eigenvalue weighted by Crippen LogP contribution is -2.38. The summed E-state index contributed by atoms with van der Waals surface area (Å²) in [5.41, 5.74) is 4.82. The molecule has 0 heterocycles. The molecule has 1 rings (SSSR count). The Bertz CT molecular complexity index is 461. The van der Waals surface area contributed by atoms with E-state index in [4.69, 9.17) is 0 Å². The standard InChI is InChI=1S/C17H28N2O2/c1-11-6-13(3)16(14(4)7-11)10-19-17(21)18-9-12(2)8-15(5)20/h6-7,12,15,20H,8-10H2,1-5H3,(H2,18,19,21). The monoisotopic (exact) mass is 292 g/mol. The predicted molar refractivity (Wildman–Crippen MR) is 86.4 cm³/mol. The number of urea groups is 1. The fourth-order valence-corrected chi connectivity index (χ4v) is 2.65. The molecule has 2 amide bonds. The highest BCUT2D eigenvalue weighted by atomic mass is 16.3. The molecular formula is C17H28N2O2. The van der Waals surface area contributed by atoms with Gasteiger partial charge in [-0.3, -0.25) is 0 Å². The van der Waals surface area contributed by atoms with Crippen LogP contribution in [-0.4, -0.2) is 23.8 Å². The van der Waals surface area contributed by atoms with Crippen molar-refractivity contribution in [3.63, 3.8) is 0 Å². The first-order valence-electron chi connectivity index (χ1n) is 7.56. The Morgan fingerprint density at radius 2 is 1.71 bits per heavy atom. The number of aryl methyl sites for hydroxylation is 3. The Morgan fingerprint density at radius 3 is 2.24 bits per heavy atom. The summed E-state index contributed by atoms with van der Waals surface area (Å²) in [5, 5.41) is 15.0. The number of rotatable bonds is 6. The number of carbonyl (C=O) groups is 1. The second kappa shape index (κ2) is 8.03. The summed E-state index contributed by atoms with van der Waals surface area (Å²) in [6.07, 6.45) is 0.360. The van der Waals surface area contributed by atoms with Gasteiger partial charge in [-0.05, 0) is 56.7 Å². The first-order valence-corrected chi connectivity index (χ1v) is 7.56. The van der Waals surface area contributed by atoms with E-state index in [2.05, 4.69) is 43.5 Å². The van der Waals surface area contributed by atoms with E-state index in [9.17, 15) is 9.90 Å². The second-order valence-corrected chi connectivity index (χ2v) is 6.13. The van der Waals surface area contributed by atoms with Gasteiger partial charge >= 0.3 is 6.03 Å². The molecule has 0 aliphatic rings. The van der Waals surface area contributed by atoms with Crippen molar-refractivity contribution in [1.82, 2.24) is 10.6 Å². The molecule has 0 saturated carbocycles. The van der Waals surface area contributed by atoms with E-state index >= 15 is 0 Å². The SMILES string of the molecule is Cc1cc(C)c(CNC(=O)NCC(C)CC(C)O)c(C)c1. The van der Waals surface area contributed by atoms with Gasteiger partial charge < -0.3 is 15.7 Å². The van der Waals surface area contributed by atoms with Gasteiger partial charge in [-0.2, -0.15) is 0 Å². The van der Waals surface area contributed by atoms with Gasteiger partial charge in [-0.15, -0.1) is 0 Å². The van der Waals surface area contributed by atoms with Crippen LogP contribution in [0.15, 0.2) is 12.1 Å². The summed E-state index contributed by atoms with van der Waals surface area (Å²) >= 11 is 0. The molecule has 2 atom stereocenters. The molecule has 0 aliphatic heterocycles. The molecule has 0 bridgehead atoms. The van der Waals surface area contributed by atoms with Crippen molar-refractivity contribution in [2.24, 2.45) is 5.92 Å². The van der Waals surface area contributed by atoms with Crippen LogP contribution < -0.4 is 10.6 Å². The second-order valence-electron chi connectivity index (χ2n) is 6.13. The number of aliphatic hydroxyl groups is 1. The van der Waals surface area contributed by atoms with Gasteiger partial charge in [0.25, 0.3) is 0 Å². The molecule has 4 nitrogen and oxygen atoms in total. The highest BCUT2D eigenvalue weighted by Crippen LogP contribution is 2.15. The molecule has 21 heavy (non-hydrogen) atoms. The van der Waals surface area contributed by atoms with E-state index < -0.39 is 0 Å². The van der Waals surface area contributed by atoms with Gasteiger partial charge in [0.15, 0.2) is 0 Å². The van der Waals surface area contributed by atoms with Crippen LogP contribution in [0.4, 0.5) is 4.79 Å². The molecule has 1 aromatic carbocycles. The maximum atomic E-state index is 11.8. The zero-order valence-electron chi connectivity index (χ0n) is 13.8. The minimum Gasteiger partial charge on any atom is -0.393 e. The van der Waals surface area contributed by atoms with E-state index in [1.165, 1.54) is 22.3 Å². The van der Waals surface area contributed by atoms with Gasteiger partial charge in [0, 0.05) is 13.1 Å². The average Bonchev–Trinajstić information content (AvgIpc) is 2.34. The Kier molecular flexibility index (Phi) is 6.69. The highest BCUT2D eigenvalue weighted by molar-refractivity contribution is 5.73. The van der Waals surface area contributed by atoms with Crippen molar-refractivity contribution < 1.29 is 9.90 Å². The van der Waals surface area contributed by atoms with Crippen LogP contribution >= 0.6 is 0 Å². The number of amides is 2. The quantitative estimate of drug-likeness (QED) is 0.755. The lowest BCUT2D eigenvalue weighted by Gasteiger charge is -2.16. The summed E-state index contributed by atoms with van der Waals surface area (Å²) in [6, 6.07) is 4.10. The Balaban J connectivity index is 2.43. The first kappa shape index (κ1) is 17.5. The number of nitrogens with one attached hydrogen (secondary N) is 2. The van der Waals surface area contributed by atoms with Gasteiger partial charge in [-0.1, -0.05) is 24.6 Å². The molecule has 2 unspecified atom stereocenters. The average molecular weight is 292 g/mol. The van der Waals surface area contributed by atoms with Crippen LogP contribution in [0.3, 0.4) is 0 Å². The predicted octanol–water partition coefficient (Wildman–Crippen LogP) is 2.82. The molecule has 4 heteroatoms. The van der Waals surface area contributed by atoms with Crippen LogP contribution in [0.1, 0.15) is 42.5 Å². The van der Waals surface area contributed by atoms with Gasteiger partial charge in [0.1, 0.15) is 0 Å². The van der Waals surface area contributed by atoms with E-state index in [1.54, 1.807) is 6.92 Å². The molecule has 118 valence electrons. The Hall–Kier alpha value is -1.55. The molecule has 0 saturated heterocycles. The Labute approximate surface area is 128 Å². The normalized spacial score (nSPS) is 13.6. The van der Waals surface area contributed by atoms with Gasteiger partial charge in [-0.25, -0.2) is 4.79 Å². The minimum absolute atomic E-state index is 0.160. The van der Waals surface area contributed by atoms with Crippen molar-refractivity contribution >= 4 is 6.03 Å². The van der Waals surface area contributed by atoms with Gasteiger partial charge in [0.05, 0.1) is 6.10 Å². The van der Waals surface area contributed by atoms with E-state index in [-0.39, 0.29) is 18.1 Å². The number of benzene rings is 1. The van der Waals surface area contributed by atoms with Crippen molar-refractivity contribution in [1.29, 1.82) is 0 Å². The number of carbonyl (C=O) groups excluding carboxylic acids is 1. The maximum absolute atomic E-state index is 11.8. The van der Waals surface area contributed by atoms with Crippen LogP contribution in [0, 0.1) is 26.7 Å². The third-order valence-electron chi connectivity index (χ3n) is 3.62. The number of hydrogen-bond acceptors (Lipinski definition) is 2. The fraction of sp³-hybridized carbons (Fsp3) is 0.588. The molecule has 0 aromatic heterocycles. The Morgan fingerprint density at radius 1 is 1.14 bits per heavy atom. The maximum Gasteiger partial charge on any atom is 0.315 e. The number of aliphatic hydroxyl groups excluding tert-OH is 1. The smallest absolute Gasteiger partial charge is 0.315 e. The van der Waals surface area contributed by atoms with Crippen LogP contribution in [0.5, 0.6) is 0 Å². The molecule has 0 aliphatic carbocycles. The van der Waals surface area contributed by atoms with E-state index in [1.807, 2.05) is 6.92 Å². The van der Waals surface area contributed by atoms with Crippen LogP contribution in [-0.2, 0) is 6.54 Å². The first-order chi connectivity index (χ1) is 9.79. The third-order valence-corrected chi connectivity index (χ3v) is 3.62. The van der Waals surface area contributed by atoms with Crippen LogP contribution in [0.25, 0.3) is 0 Å². The van der Waals surface area contributed by atoms with E-state index in [0.717, 1.165) is 0 Å². The van der Waals surface area contributed by atoms with E-state index in [0.29, 0.717) is 19.5 Å². The highest BCUT2D eigenvalue weighted by Gasteiger charge is 2.09. The van der Waals surface area contributed by atoms with Crippen LogP contribution in [0.2, 0.25) is 0 Å². The van der Waals surface area contributed by atoms with Gasteiger partial charge in [0.2, 0.25) is 0 Å². The lowest BCUT2D eigenvalue weighted by atomic mass is 10.00. The summed E-state index contributed by atoms with van der Waals surface area (Å²) in [5.74, 6) is 0.263. The number of hydrogen-bond donors (Lipinski definition) is 3. The molecule has 0 spiro atoms. The third kappa shape index (κ3) is 6.17. The molecule has 3 N–H and O–H groups in total. The summed E-state index contributed by atoms with van der Waals surface area (Å²) in [6.45, 7) is 11.1. The zero-order valence-corrected chi connectivity index (χ0v) is 13.8. The van der Waals surface area contributed by atoms with Crippen molar-refractivity contribution in [3.8, 4) is 0 Å². The lowest BCUT2D eigenvalue weighted by molar-refractivity contribution is 0.163. The molecule has 0 radical (unpaired) electrons. The summed E-state index contributed by atoms with van der Waals surface area (Å²) in [4.78, 5) is 11.8. The summed E-state index contributed by atoms with van der Waals surface area (Å²) < 4.78 is 0. The fourth-order valence-electron chi connectivity index (χ4n) is 2.65. The van der Waals surface area contributed by atoms with Crippen molar-refractivity contribution in [3.05, 3.63) is 34.4 Å². The van der Waals surface area contributed by atoms with Crippen molar-refractivity contribution in [2.45, 2.75) is 53.7 Å². The minimum atomic E-state index is -0.331. The van der Waals surface area contributed by atoms with Crippen molar-refractivity contribution in [2.75, 3.05) is 6.54 Å². The topological polar surface area (TPSA) is 61.4 Å². The molecular weight excluding hydrogens is 264 g/mol. The molecule has 1 aromatic rings. The summed E-state index contributed by atoms with van der Waals surface area (Å²) in [7, 11) is 0. The largest absolute Gasteiger partial charge is 0.393 e. The molecule has 0 fully saturated rings.